The molecular formula is C20H22N4O4. The van der Waals surface area contributed by atoms with Crippen LogP contribution >= 0.6 is 0 Å². The van der Waals surface area contributed by atoms with Crippen LogP contribution in [0.1, 0.15) is 39.1 Å². The van der Waals surface area contributed by atoms with E-state index in [0.717, 1.165) is 18.5 Å². The fourth-order valence-corrected chi connectivity index (χ4v) is 2.83. The van der Waals surface area contributed by atoms with Crippen LogP contribution in [0.15, 0.2) is 36.4 Å². The predicted octanol–water partition coefficient (Wildman–Crippen LogP) is 3.11. The van der Waals surface area contributed by atoms with E-state index in [1.54, 1.807) is 25.1 Å². The third-order valence-electron chi connectivity index (χ3n) is 4.56. The molecule has 1 saturated carbocycles. The molecule has 2 aromatic rings. The van der Waals surface area contributed by atoms with Crippen molar-refractivity contribution in [2.45, 2.75) is 25.8 Å². The van der Waals surface area contributed by atoms with Gasteiger partial charge in [-0.1, -0.05) is 6.07 Å². The van der Waals surface area contributed by atoms with Crippen molar-refractivity contribution in [3.05, 3.63) is 63.2 Å². The number of rotatable bonds is 6. The van der Waals surface area contributed by atoms with Gasteiger partial charge in [0, 0.05) is 48.7 Å². The summed E-state index contributed by atoms with van der Waals surface area (Å²) in [5.41, 5.74) is 2.19. The number of nitrogens with zero attached hydrogens (tertiary/aromatic N) is 2. The van der Waals surface area contributed by atoms with Crippen LogP contribution in [0, 0.1) is 17.0 Å². The molecule has 146 valence electrons. The van der Waals surface area contributed by atoms with Gasteiger partial charge in [-0.15, -0.1) is 0 Å². The molecule has 0 aliphatic heterocycles. The summed E-state index contributed by atoms with van der Waals surface area (Å²) in [6.07, 6.45) is 1.96. The van der Waals surface area contributed by atoms with Gasteiger partial charge in [-0.05, 0) is 44.0 Å². The van der Waals surface area contributed by atoms with E-state index in [0.29, 0.717) is 16.8 Å². The maximum absolute atomic E-state index is 12.6. The zero-order valence-corrected chi connectivity index (χ0v) is 16.0. The lowest BCUT2D eigenvalue weighted by Crippen LogP contribution is -2.27. The van der Waals surface area contributed by atoms with Crippen LogP contribution in [0.2, 0.25) is 0 Å². The summed E-state index contributed by atoms with van der Waals surface area (Å²) in [5.74, 6) is -0.664. The molecule has 1 aliphatic carbocycles. The van der Waals surface area contributed by atoms with E-state index in [9.17, 15) is 19.7 Å². The normalized spacial score (nSPS) is 13.0. The summed E-state index contributed by atoms with van der Waals surface area (Å²) in [6.45, 7) is 1.62. The number of carbonyl (C=O) groups excluding carboxylic acids is 2. The van der Waals surface area contributed by atoms with E-state index in [4.69, 9.17) is 0 Å². The minimum Gasteiger partial charge on any atom is -0.377 e. The van der Waals surface area contributed by atoms with Crippen molar-refractivity contribution in [3.8, 4) is 0 Å². The van der Waals surface area contributed by atoms with Crippen LogP contribution in [-0.2, 0) is 0 Å². The number of hydrogen-bond donors (Lipinski definition) is 2. The van der Waals surface area contributed by atoms with Gasteiger partial charge in [0.2, 0.25) is 0 Å². The highest BCUT2D eigenvalue weighted by molar-refractivity contribution is 6.06. The van der Waals surface area contributed by atoms with Crippen LogP contribution < -0.4 is 15.5 Å². The van der Waals surface area contributed by atoms with Gasteiger partial charge in [0.05, 0.1) is 10.5 Å². The van der Waals surface area contributed by atoms with Gasteiger partial charge in [-0.25, -0.2) is 0 Å². The van der Waals surface area contributed by atoms with Crippen molar-refractivity contribution in [2.24, 2.45) is 0 Å². The zero-order valence-electron chi connectivity index (χ0n) is 16.0. The summed E-state index contributed by atoms with van der Waals surface area (Å²) in [4.78, 5) is 37.5. The number of carbonyl (C=O) groups is 2. The Bertz CT molecular complexity index is 951. The van der Waals surface area contributed by atoms with Gasteiger partial charge in [0.15, 0.2) is 0 Å². The average Bonchev–Trinajstić information content (AvgIpc) is 3.45. The molecule has 0 bridgehead atoms. The van der Waals surface area contributed by atoms with Crippen molar-refractivity contribution in [1.82, 2.24) is 5.32 Å². The smallest absolute Gasteiger partial charge is 0.273 e. The van der Waals surface area contributed by atoms with E-state index in [-0.39, 0.29) is 23.2 Å². The van der Waals surface area contributed by atoms with Crippen LogP contribution in [0.4, 0.5) is 17.1 Å². The second kappa shape index (κ2) is 7.67. The number of aryl methyl sites for hydroxylation is 1. The molecule has 8 nitrogen and oxygen atoms in total. The van der Waals surface area contributed by atoms with Gasteiger partial charge in [-0.3, -0.25) is 19.7 Å². The fourth-order valence-electron chi connectivity index (χ4n) is 2.83. The Kier molecular flexibility index (Phi) is 5.30. The second-order valence-electron chi connectivity index (χ2n) is 7.09. The number of amides is 2. The number of anilines is 2. The lowest BCUT2D eigenvalue weighted by atomic mass is 10.1. The Labute approximate surface area is 162 Å². The summed E-state index contributed by atoms with van der Waals surface area (Å²) in [7, 11) is 3.68. The minimum absolute atomic E-state index is 0.111. The molecule has 28 heavy (non-hydrogen) atoms. The molecule has 0 radical (unpaired) electrons. The molecule has 0 unspecified atom stereocenters. The Morgan fingerprint density at radius 1 is 1.11 bits per heavy atom. The molecule has 1 fully saturated rings. The molecule has 2 amide bonds. The van der Waals surface area contributed by atoms with E-state index in [2.05, 4.69) is 10.6 Å². The molecule has 8 heteroatoms. The third kappa shape index (κ3) is 4.28. The van der Waals surface area contributed by atoms with Gasteiger partial charge in [0.25, 0.3) is 17.5 Å². The number of nitrogens with one attached hydrogen (secondary N) is 2. The van der Waals surface area contributed by atoms with Crippen LogP contribution in [0.3, 0.4) is 0 Å². The van der Waals surface area contributed by atoms with Gasteiger partial charge in [0.1, 0.15) is 0 Å². The Hall–Kier alpha value is -3.42. The minimum atomic E-state index is -0.516. The second-order valence-corrected chi connectivity index (χ2v) is 7.09. The van der Waals surface area contributed by atoms with Crippen LogP contribution in [0.5, 0.6) is 0 Å². The van der Waals surface area contributed by atoms with E-state index in [1.807, 2.05) is 19.0 Å². The van der Waals surface area contributed by atoms with Crippen molar-refractivity contribution in [1.29, 1.82) is 0 Å². The molecule has 2 N–H and O–H groups in total. The van der Waals surface area contributed by atoms with E-state index in [1.165, 1.54) is 18.2 Å². The largest absolute Gasteiger partial charge is 0.377 e. The molecular weight excluding hydrogens is 360 g/mol. The monoisotopic (exact) mass is 382 g/mol. The number of benzene rings is 2. The topological polar surface area (TPSA) is 105 Å². The maximum Gasteiger partial charge on any atom is 0.273 e. The highest BCUT2D eigenvalue weighted by atomic mass is 16.6. The molecule has 0 saturated heterocycles. The summed E-state index contributed by atoms with van der Waals surface area (Å²) >= 11 is 0. The molecule has 2 aromatic carbocycles. The summed E-state index contributed by atoms with van der Waals surface area (Å²) in [5, 5.41) is 16.8. The quantitative estimate of drug-likeness (QED) is 0.590. The van der Waals surface area contributed by atoms with Crippen molar-refractivity contribution in [3.63, 3.8) is 0 Å². The Morgan fingerprint density at radius 2 is 1.82 bits per heavy atom. The fraction of sp³-hybridized carbons (Fsp3) is 0.300. The van der Waals surface area contributed by atoms with Gasteiger partial charge < -0.3 is 15.5 Å². The molecule has 0 heterocycles. The van der Waals surface area contributed by atoms with Crippen LogP contribution in [-0.4, -0.2) is 36.9 Å². The first-order valence-corrected chi connectivity index (χ1v) is 8.95. The van der Waals surface area contributed by atoms with Crippen molar-refractivity contribution in [2.75, 3.05) is 24.3 Å². The first-order valence-electron chi connectivity index (χ1n) is 8.95. The first-order chi connectivity index (χ1) is 13.3. The predicted molar refractivity (Wildman–Crippen MR) is 107 cm³/mol. The first kappa shape index (κ1) is 19.3. The summed E-state index contributed by atoms with van der Waals surface area (Å²) < 4.78 is 0. The van der Waals surface area contributed by atoms with Crippen molar-refractivity contribution < 1.29 is 14.5 Å². The molecule has 3 rings (SSSR count). The Balaban J connectivity index is 1.85. The zero-order chi connectivity index (χ0) is 20.4. The van der Waals surface area contributed by atoms with Gasteiger partial charge in [-0.2, -0.15) is 0 Å². The highest BCUT2D eigenvalue weighted by Crippen LogP contribution is 2.26. The SMILES string of the molecule is Cc1ccc(C(=O)Nc2ccc(N(C)C)c(C(=O)NC3CC3)c2)cc1[N+](=O)[O-]. The number of hydrogen-bond acceptors (Lipinski definition) is 5. The maximum atomic E-state index is 12.6. The lowest BCUT2D eigenvalue weighted by molar-refractivity contribution is -0.385. The van der Waals surface area contributed by atoms with Gasteiger partial charge >= 0.3 is 0 Å². The Morgan fingerprint density at radius 3 is 2.43 bits per heavy atom. The molecule has 0 spiro atoms. The van der Waals surface area contributed by atoms with E-state index < -0.39 is 10.8 Å². The summed E-state index contributed by atoms with van der Waals surface area (Å²) in [6, 6.07) is 9.61. The highest BCUT2D eigenvalue weighted by Gasteiger charge is 2.25. The van der Waals surface area contributed by atoms with E-state index >= 15 is 0 Å². The number of nitro groups is 1. The standard InChI is InChI=1S/C20H22N4O4/c1-12-4-5-13(10-18(12)24(27)28)19(25)22-15-8-9-17(23(2)3)16(11-15)20(26)21-14-6-7-14/h4-5,8-11,14H,6-7H2,1-3H3,(H,21,26)(H,22,25). The average molecular weight is 382 g/mol. The molecule has 1 aliphatic rings. The van der Waals surface area contributed by atoms with Crippen molar-refractivity contribution >= 4 is 28.9 Å². The number of nitro benzene ring substituents is 1. The van der Waals surface area contributed by atoms with Crippen LogP contribution in [0.25, 0.3) is 0 Å². The molecule has 0 aromatic heterocycles. The lowest BCUT2D eigenvalue weighted by Gasteiger charge is -2.18. The third-order valence-corrected chi connectivity index (χ3v) is 4.56. The molecule has 0 atom stereocenters.